The summed E-state index contributed by atoms with van der Waals surface area (Å²) in [5, 5.41) is 3.34. The van der Waals surface area contributed by atoms with Crippen molar-refractivity contribution in [2.45, 2.75) is 39.9 Å². The van der Waals surface area contributed by atoms with Gasteiger partial charge in [0, 0.05) is 6.54 Å². The molecule has 1 N–H and O–H groups in total. The van der Waals surface area contributed by atoms with Crippen LogP contribution >= 0.6 is 0 Å². The summed E-state index contributed by atoms with van der Waals surface area (Å²) in [6.07, 6.45) is 0. The monoisotopic (exact) mass is 425 g/mol. The van der Waals surface area contributed by atoms with E-state index in [1.807, 2.05) is 26.0 Å². The molecule has 1 atom stereocenters. The van der Waals surface area contributed by atoms with Crippen LogP contribution in [0.5, 0.6) is 11.5 Å². The van der Waals surface area contributed by atoms with Gasteiger partial charge in [-0.25, -0.2) is 4.79 Å². The molecule has 1 aromatic heterocycles. The van der Waals surface area contributed by atoms with Crippen molar-refractivity contribution < 1.29 is 14.3 Å². The molecule has 2 aromatic carbocycles. The van der Waals surface area contributed by atoms with Crippen molar-refractivity contribution in [1.82, 2.24) is 14.5 Å². The fourth-order valence-corrected chi connectivity index (χ4v) is 3.77. The van der Waals surface area contributed by atoms with Gasteiger partial charge in [-0.15, -0.1) is 0 Å². The third kappa shape index (κ3) is 4.19. The number of amides is 1. The number of ether oxygens (including phenoxy) is 2. The summed E-state index contributed by atoms with van der Waals surface area (Å²) in [6.45, 7) is 5.54. The van der Waals surface area contributed by atoms with Crippen molar-refractivity contribution in [2.75, 3.05) is 14.2 Å². The summed E-state index contributed by atoms with van der Waals surface area (Å²) in [5.41, 5.74) is 1.40. The Morgan fingerprint density at radius 3 is 2.35 bits per heavy atom. The Kier molecular flexibility index (Phi) is 6.48. The number of para-hydroxylation sites is 1. The first-order valence-electron chi connectivity index (χ1n) is 10.1. The summed E-state index contributed by atoms with van der Waals surface area (Å²) in [5.74, 6) is 0.846. The number of aryl methyl sites for hydroxylation is 1. The van der Waals surface area contributed by atoms with Gasteiger partial charge in [-0.2, -0.15) is 0 Å². The fourth-order valence-electron chi connectivity index (χ4n) is 3.77. The van der Waals surface area contributed by atoms with E-state index in [4.69, 9.17) is 9.47 Å². The number of nitrogens with zero attached hydrogens (tertiary/aromatic N) is 2. The molecule has 0 bridgehead atoms. The van der Waals surface area contributed by atoms with Crippen molar-refractivity contribution in [3.05, 3.63) is 68.4 Å². The van der Waals surface area contributed by atoms with Crippen molar-refractivity contribution >= 4 is 16.8 Å². The molecule has 0 radical (unpaired) electrons. The molecule has 8 nitrogen and oxygen atoms in total. The molecule has 0 aliphatic carbocycles. The second-order valence-corrected chi connectivity index (χ2v) is 7.29. The largest absolute Gasteiger partial charge is 0.493 e. The van der Waals surface area contributed by atoms with Gasteiger partial charge >= 0.3 is 5.69 Å². The number of benzene rings is 2. The Morgan fingerprint density at radius 2 is 1.71 bits per heavy atom. The summed E-state index contributed by atoms with van der Waals surface area (Å²) < 4.78 is 13.2. The van der Waals surface area contributed by atoms with Crippen LogP contribution in [-0.4, -0.2) is 29.3 Å². The van der Waals surface area contributed by atoms with Crippen molar-refractivity contribution in [1.29, 1.82) is 0 Å². The van der Waals surface area contributed by atoms with E-state index >= 15 is 0 Å². The lowest BCUT2D eigenvalue weighted by atomic mass is 10.0. The topological polar surface area (TPSA) is 91.6 Å². The summed E-state index contributed by atoms with van der Waals surface area (Å²) in [4.78, 5) is 38.3. The lowest BCUT2D eigenvalue weighted by molar-refractivity contribution is -0.122. The lowest BCUT2D eigenvalue weighted by Crippen LogP contribution is -2.42. The van der Waals surface area contributed by atoms with Crippen LogP contribution in [-0.2, 0) is 17.9 Å². The lowest BCUT2D eigenvalue weighted by Gasteiger charge is -2.20. The van der Waals surface area contributed by atoms with Gasteiger partial charge in [0.2, 0.25) is 5.91 Å². The van der Waals surface area contributed by atoms with Crippen LogP contribution in [0.1, 0.15) is 31.0 Å². The van der Waals surface area contributed by atoms with Crippen LogP contribution in [0.25, 0.3) is 10.9 Å². The number of carbonyl (C=O) groups excluding carboxylic acids is 1. The summed E-state index contributed by atoms with van der Waals surface area (Å²) in [6, 6.07) is 10.2. The van der Waals surface area contributed by atoms with Gasteiger partial charge in [0.1, 0.15) is 6.54 Å². The molecular formula is C23H27N3O5. The third-order valence-corrected chi connectivity index (χ3v) is 5.37. The maximum absolute atomic E-state index is 12.9. The van der Waals surface area contributed by atoms with Gasteiger partial charge in [-0.3, -0.25) is 18.7 Å². The SMILES string of the molecule is CCn1c(=O)c2ccccc2n(CC(=O)NC(C)c2cc(OC)c(OC)cc2C)c1=O. The van der Waals surface area contributed by atoms with Gasteiger partial charge in [0.15, 0.2) is 11.5 Å². The molecule has 164 valence electrons. The van der Waals surface area contributed by atoms with Gasteiger partial charge in [0.05, 0.1) is 31.2 Å². The molecule has 0 saturated carbocycles. The fraction of sp³-hybridized carbons (Fsp3) is 0.348. The normalized spacial score (nSPS) is 11.9. The van der Waals surface area contributed by atoms with E-state index < -0.39 is 5.69 Å². The Bertz CT molecular complexity index is 1240. The molecule has 0 spiro atoms. The number of carbonyl (C=O) groups is 1. The minimum Gasteiger partial charge on any atom is -0.493 e. The first-order chi connectivity index (χ1) is 14.8. The highest BCUT2D eigenvalue weighted by molar-refractivity contribution is 5.81. The van der Waals surface area contributed by atoms with Crippen molar-refractivity contribution in [3.8, 4) is 11.5 Å². The van der Waals surface area contributed by atoms with Crippen molar-refractivity contribution in [3.63, 3.8) is 0 Å². The predicted molar refractivity (Wildman–Crippen MR) is 119 cm³/mol. The maximum atomic E-state index is 12.9. The van der Waals surface area contributed by atoms with E-state index in [2.05, 4.69) is 5.32 Å². The van der Waals surface area contributed by atoms with Gasteiger partial charge < -0.3 is 14.8 Å². The first kappa shape index (κ1) is 22.1. The van der Waals surface area contributed by atoms with Crippen LogP contribution in [0, 0.1) is 6.92 Å². The minimum absolute atomic E-state index is 0.198. The average Bonchev–Trinajstić information content (AvgIpc) is 2.76. The zero-order valence-electron chi connectivity index (χ0n) is 18.4. The summed E-state index contributed by atoms with van der Waals surface area (Å²) in [7, 11) is 3.13. The third-order valence-electron chi connectivity index (χ3n) is 5.37. The molecule has 1 amide bonds. The Hall–Kier alpha value is -3.55. The van der Waals surface area contributed by atoms with E-state index in [0.717, 1.165) is 15.7 Å². The number of nitrogens with one attached hydrogen (secondary N) is 1. The van der Waals surface area contributed by atoms with Gasteiger partial charge in [-0.05, 0) is 56.2 Å². The molecule has 1 heterocycles. The zero-order chi connectivity index (χ0) is 22.7. The molecule has 0 fully saturated rings. The van der Waals surface area contributed by atoms with E-state index in [1.54, 1.807) is 45.4 Å². The Balaban J connectivity index is 1.92. The smallest absolute Gasteiger partial charge is 0.331 e. The highest BCUT2D eigenvalue weighted by Crippen LogP contribution is 2.32. The number of methoxy groups -OCH3 is 2. The second-order valence-electron chi connectivity index (χ2n) is 7.29. The van der Waals surface area contributed by atoms with Gasteiger partial charge in [-0.1, -0.05) is 12.1 Å². The Morgan fingerprint density at radius 1 is 1.06 bits per heavy atom. The van der Waals surface area contributed by atoms with Crippen LogP contribution in [0.2, 0.25) is 0 Å². The zero-order valence-corrected chi connectivity index (χ0v) is 18.4. The molecule has 3 rings (SSSR count). The summed E-state index contributed by atoms with van der Waals surface area (Å²) >= 11 is 0. The molecule has 0 saturated heterocycles. The number of hydrogen-bond donors (Lipinski definition) is 1. The van der Waals surface area contributed by atoms with E-state index in [9.17, 15) is 14.4 Å². The van der Waals surface area contributed by atoms with Crippen LogP contribution in [0.3, 0.4) is 0 Å². The van der Waals surface area contributed by atoms with E-state index in [0.29, 0.717) is 22.4 Å². The van der Waals surface area contributed by atoms with Crippen molar-refractivity contribution in [2.24, 2.45) is 0 Å². The molecule has 8 heteroatoms. The van der Waals surface area contributed by atoms with E-state index in [-0.39, 0.29) is 30.6 Å². The average molecular weight is 425 g/mol. The van der Waals surface area contributed by atoms with Gasteiger partial charge in [0.25, 0.3) is 5.56 Å². The number of hydrogen-bond acceptors (Lipinski definition) is 5. The first-order valence-corrected chi connectivity index (χ1v) is 10.1. The number of aromatic nitrogens is 2. The maximum Gasteiger partial charge on any atom is 0.331 e. The standard InChI is InChI=1S/C23H27N3O5/c1-6-25-22(28)16-9-7-8-10-18(16)26(23(25)29)13-21(27)24-15(3)17-12-20(31-5)19(30-4)11-14(17)2/h7-12,15H,6,13H2,1-5H3,(H,24,27). The molecular weight excluding hydrogens is 398 g/mol. The molecule has 31 heavy (non-hydrogen) atoms. The molecule has 3 aromatic rings. The number of fused-ring (bicyclic) bond motifs is 1. The second kappa shape index (κ2) is 9.07. The Labute approximate surface area is 180 Å². The minimum atomic E-state index is -0.503. The molecule has 0 aliphatic rings. The van der Waals surface area contributed by atoms with Crippen LogP contribution in [0.4, 0.5) is 0 Å². The quantitative estimate of drug-likeness (QED) is 0.628. The van der Waals surface area contributed by atoms with Crippen LogP contribution in [0.15, 0.2) is 46.0 Å². The highest BCUT2D eigenvalue weighted by Gasteiger charge is 2.18. The number of rotatable bonds is 7. The predicted octanol–water partition coefficient (Wildman–Crippen LogP) is 2.39. The van der Waals surface area contributed by atoms with Crippen LogP contribution < -0.4 is 26.0 Å². The molecule has 0 aliphatic heterocycles. The van der Waals surface area contributed by atoms with E-state index in [1.165, 1.54) is 4.57 Å². The molecule has 1 unspecified atom stereocenters. The highest BCUT2D eigenvalue weighted by atomic mass is 16.5.